The monoisotopic (exact) mass is 255 g/mol. The van der Waals surface area contributed by atoms with Crippen molar-refractivity contribution in [1.29, 1.82) is 0 Å². The number of hydrogen-bond acceptors (Lipinski definition) is 4. The van der Waals surface area contributed by atoms with Crippen LogP contribution >= 0.6 is 11.8 Å². The fourth-order valence-electron chi connectivity index (χ4n) is 2.18. The number of alkyl halides is 1. The Bertz CT molecular complexity index is 386. The Labute approximate surface area is 106 Å². The standard InChI is InChI=1S/C12H18FN3S/c1-9-6-11(15-12(14-9)17-2)16-5-3-4-10(7-13)8-16/h6,10H,3-5,7-8H2,1-2H3. The second kappa shape index (κ2) is 5.67. The summed E-state index contributed by atoms with van der Waals surface area (Å²) in [5.74, 6) is 1.11. The highest BCUT2D eigenvalue weighted by Crippen LogP contribution is 2.23. The molecule has 0 aliphatic carbocycles. The zero-order valence-corrected chi connectivity index (χ0v) is 11.1. The predicted molar refractivity (Wildman–Crippen MR) is 69.5 cm³/mol. The molecule has 1 atom stereocenters. The van der Waals surface area contributed by atoms with Gasteiger partial charge >= 0.3 is 0 Å². The number of rotatable bonds is 3. The van der Waals surface area contributed by atoms with Crippen molar-refractivity contribution < 1.29 is 4.39 Å². The topological polar surface area (TPSA) is 29.0 Å². The highest BCUT2D eigenvalue weighted by molar-refractivity contribution is 7.98. The summed E-state index contributed by atoms with van der Waals surface area (Å²) in [4.78, 5) is 11.0. The Morgan fingerprint density at radius 3 is 3.06 bits per heavy atom. The maximum atomic E-state index is 12.7. The molecule has 0 aromatic carbocycles. The van der Waals surface area contributed by atoms with Crippen LogP contribution in [-0.4, -0.2) is 36.0 Å². The van der Waals surface area contributed by atoms with E-state index in [1.165, 1.54) is 0 Å². The number of thioether (sulfide) groups is 1. The molecule has 1 aliphatic rings. The molecule has 5 heteroatoms. The van der Waals surface area contributed by atoms with Crippen LogP contribution in [0, 0.1) is 12.8 Å². The minimum atomic E-state index is -0.226. The molecule has 1 aliphatic heterocycles. The van der Waals surface area contributed by atoms with Gasteiger partial charge in [-0.15, -0.1) is 0 Å². The summed E-state index contributed by atoms with van der Waals surface area (Å²) in [6, 6.07) is 1.99. The number of hydrogen-bond donors (Lipinski definition) is 0. The molecule has 0 amide bonds. The van der Waals surface area contributed by atoms with Crippen molar-refractivity contribution in [3.8, 4) is 0 Å². The highest BCUT2D eigenvalue weighted by Gasteiger charge is 2.21. The van der Waals surface area contributed by atoms with E-state index in [2.05, 4.69) is 14.9 Å². The van der Waals surface area contributed by atoms with Gasteiger partial charge in [-0.1, -0.05) is 11.8 Å². The van der Waals surface area contributed by atoms with E-state index in [1.54, 1.807) is 11.8 Å². The van der Waals surface area contributed by atoms with Crippen molar-refractivity contribution in [3.63, 3.8) is 0 Å². The van der Waals surface area contributed by atoms with E-state index in [4.69, 9.17) is 0 Å². The maximum absolute atomic E-state index is 12.7. The number of aryl methyl sites for hydroxylation is 1. The summed E-state index contributed by atoms with van der Waals surface area (Å²) in [7, 11) is 0. The van der Waals surface area contributed by atoms with Crippen LogP contribution in [0.15, 0.2) is 11.2 Å². The fourth-order valence-corrected chi connectivity index (χ4v) is 2.60. The summed E-state index contributed by atoms with van der Waals surface area (Å²) >= 11 is 1.54. The van der Waals surface area contributed by atoms with Crippen molar-refractivity contribution in [3.05, 3.63) is 11.8 Å². The van der Waals surface area contributed by atoms with E-state index in [1.807, 2.05) is 19.2 Å². The van der Waals surface area contributed by atoms with Crippen molar-refractivity contribution >= 4 is 17.6 Å². The Hall–Kier alpha value is -0.840. The third-order valence-corrected chi connectivity index (χ3v) is 3.61. The van der Waals surface area contributed by atoms with Crippen molar-refractivity contribution in [2.24, 2.45) is 5.92 Å². The van der Waals surface area contributed by atoms with Gasteiger partial charge < -0.3 is 4.90 Å². The van der Waals surface area contributed by atoms with Crippen molar-refractivity contribution in [1.82, 2.24) is 9.97 Å². The Balaban J connectivity index is 2.18. The zero-order chi connectivity index (χ0) is 12.3. The maximum Gasteiger partial charge on any atom is 0.189 e. The smallest absolute Gasteiger partial charge is 0.189 e. The molecule has 2 rings (SSSR count). The zero-order valence-electron chi connectivity index (χ0n) is 10.3. The molecule has 0 radical (unpaired) electrons. The first-order chi connectivity index (χ1) is 8.22. The van der Waals surface area contributed by atoms with E-state index >= 15 is 0 Å². The number of nitrogens with zero attached hydrogens (tertiary/aromatic N) is 3. The fraction of sp³-hybridized carbons (Fsp3) is 0.667. The van der Waals surface area contributed by atoms with Gasteiger partial charge in [0.15, 0.2) is 5.16 Å². The van der Waals surface area contributed by atoms with E-state index < -0.39 is 0 Å². The van der Waals surface area contributed by atoms with Gasteiger partial charge in [-0.3, -0.25) is 4.39 Å². The summed E-state index contributed by atoms with van der Waals surface area (Å²) in [6.07, 6.45) is 4.01. The van der Waals surface area contributed by atoms with Crippen LogP contribution in [0.2, 0.25) is 0 Å². The molecule has 1 unspecified atom stereocenters. The van der Waals surface area contributed by atoms with Crippen LogP contribution in [0.1, 0.15) is 18.5 Å². The van der Waals surface area contributed by atoms with Crippen LogP contribution in [0.5, 0.6) is 0 Å². The molecule has 1 aromatic heterocycles. The molecule has 0 bridgehead atoms. The highest BCUT2D eigenvalue weighted by atomic mass is 32.2. The first kappa shape index (κ1) is 12.6. The lowest BCUT2D eigenvalue weighted by molar-refractivity contribution is 0.315. The van der Waals surface area contributed by atoms with Gasteiger partial charge in [0.2, 0.25) is 0 Å². The lowest BCUT2D eigenvalue weighted by atomic mass is 9.99. The average molecular weight is 255 g/mol. The van der Waals surface area contributed by atoms with Gasteiger partial charge in [-0.05, 0) is 26.0 Å². The third-order valence-electron chi connectivity index (χ3n) is 3.06. The lowest BCUT2D eigenvalue weighted by Crippen LogP contribution is -2.36. The number of anilines is 1. The summed E-state index contributed by atoms with van der Waals surface area (Å²) in [6.45, 7) is 3.50. The molecule has 17 heavy (non-hydrogen) atoms. The van der Waals surface area contributed by atoms with Gasteiger partial charge in [-0.25, -0.2) is 9.97 Å². The molecule has 0 saturated carbocycles. The van der Waals surface area contributed by atoms with E-state index in [9.17, 15) is 4.39 Å². The summed E-state index contributed by atoms with van der Waals surface area (Å²) in [5, 5.41) is 0.794. The molecule has 1 saturated heterocycles. The molecule has 0 N–H and O–H groups in total. The van der Waals surface area contributed by atoms with Gasteiger partial charge in [-0.2, -0.15) is 0 Å². The molecule has 3 nitrogen and oxygen atoms in total. The Morgan fingerprint density at radius 1 is 1.53 bits per heavy atom. The van der Waals surface area contributed by atoms with Gasteiger partial charge in [0, 0.05) is 30.8 Å². The lowest BCUT2D eigenvalue weighted by Gasteiger charge is -2.32. The van der Waals surface area contributed by atoms with Crippen LogP contribution in [0.3, 0.4) is 0 Å². The van der Waals surface area contributed by atoms with Gasteiger partial charge in [0.25, 0.3) is 0 Å². The van der Waals surface area contributed by atoms with Gasteiger partial charge in [0.05, 0.1) is 6.67 Å². The number of piperidine rings is 1. The molecular formula is C12H18FN3S. The average Bonchev–Trinajstić information content (AvgIpc) is 2.38. The number of aromatic nitrogens is 2. The van der Waals surface area contributed by atoms with Crippen molar-refractivity contribution in [2.75, 3.05) is 30.9 Å². The normalized spacial score (nSPS) is 20.6. The van der Waals surface area contributed by atoms with E-state index in [0.717, 1.165) is 42.6 Å². The summed E-state index contributed by atoms with van der Waals surface area (Å²) < 4.78 is 12.7. The molecular weight excluding hydrogens is 237 g/mol. The van der Waals surface area contributed by atoms with Crippen LogP contribution in [0.4, 0.5) is 10.2 Å². The first-order valence-corrected chi connectivity index (χ1v) is 7.16. The van der Waals surface area contributed by atoms with E-state index in [0.29, 0.717) is 0 Å². The van der Waals surface area contributed by atoms with Crippen molar-refractivity contribution in [2.45, 2.75) is 24.9 Å². The second-order valence-electron chi connectivity index (χ2n) is 4.46. The minimum absolute atomic E-state index is 0.164. The third kappa shape index (κ3) is 3.09. The molecule has 2 heterocycles. The minimum Gasteiger partial charge on any atom is -0.356 e. The van der Waals surface area contributed by atoms with Gasteiger partial charge in [0.1, 0.15) is 5.82 Å². The first-order valence-electron chi connectivity index (χ1n) is 5.93. The van der Waals surface area contributed by atoms with E-state index in [-0.39, 0.29) is 12.6 Å². The Kier molecular flexibility index (Phi) is 4.20. The largest absolute Gasteiger partial charge is 0.356 e. The quantitative estimate of drug-likeness (QED) is 0.613. The van der Waals surface area contributed by atoms with Crippen LogP contribution in [-0.2, 0) is 0 Å². The predicted octanol–water partition coefficient (Wildman–Crippen LogP) is 2.69. The van der Waals surface area contributed by atoms with Crippen LogP contribution < -0.4 is 4.90 Å². The second-order valence-corrected chi connectivity index (χ2v) is 5.24. The molecule has 0 spiro atoms. The number of halogens is 1. The summed E-state index contributed by atoms with van der Waals surface area (Å²) in [5.41, 5.74) is 0.974. The molecule has 1 fully saturated rings. The molecule has 94 valence electrons. The Morgan fingerprint density at radius 2 is 2.35 bits per heavy atom. The van der Waals surface area contributed by atoms with Crippen LogP contribution in [0.25, 0.3) is 0 Å². The molecule has 1 aromatic rings. The SMILES string of the molecule is CSc1nc(C)cc(N2CCCC(CF)C2)n1.